The molecule has 4 aromatic rings. The molecule has 132 valence electrons. The van der Waals surface area contributed by atoms with Gasteiger partial charge in [-0.05, 0) is 35.4 Å². The van der Waals surface area contributed by atoms with E-state index in [0.717, 1.165) is 0 Å². The van der Waals surface area contributed by atoms with E-state index in [0.29, 0.717) is 12.1 Å². The number of hydrogen-bond donors (Lipinski definition) is 1. The highest BCUT2D eigenvalue weighted by Gasteiger charge is 2.18. The Labute approximate surface area is 161 Å². The Morgan fingerprint density at radius 1 is 0.538 bits per heavy atom. The van der Waals surface area contributed by atoms with E-state index in [1.54, 1.807) is 0 Å². The molecule has 2 N–H and O–H groups in total. The SMILES string of the molecule is C[C@H]([NH2+][C@H](C)c1cccc2ccccc12)c1cccc2ccccc12.[Cl-]. The van der Waals surface area contributed by atoms with Crippen molar-refractivity contribution in [3.05, 3.63) is 96.1 Å². The first-order chi connectivity index (χ1) is 12.2. The molecule has 1 nitrogen and oxygen atoms in total. The van der Waals surface area contributed by atoms with Gasteiger partial charge >= 0.3 is 0 Å². The fraction of sp³-hybridized carbons (Fsp3) is 0.167. The molecule has 0 amide bonds. The summed E-state index contributed by atoms with van der Waals surface area (Å²) in [5, 5.41) is 7.83. The van der Waals surface area contributed by atoms with E-state index in [2.05, 4.69) is 104 Å². The third kappa shape index (κ3) is 3.46. The predicted molar refractivity (Wildman–Crippen MR) is 107 cm³/mol. The van der Waals surface area contributed by atoms with Crippen molar-refractivity contribution in [1.82, 2.24) is 0 Å². The van der Waals surface area contributed by atoms with Crippen molar-refractivity contribution < 1.29 is 17.7 Å². The first kappa shape index (κ1) is 18.4. The normalized spacial score (nSPS) is 13.3. The second-order valence-electron chi connectivity index (χ2n) is 6.91. The van der Waals surface area contributed by atoms with Gasteiger partial charge in [0.2, 0.25) is 0 Å². The fourth-order valence-corrected chi connectivity index (χ4v) is 3.94. The van der Waals surface area contributed by atoms with Crippen LogP contribution in [0.5, 0.6) is 0 Å². The number of rotatable bonds is 4. The summed E-state index contributed by atoms with van der Waals surface area (Å²) in [6, 6.07) is 31.4. The van der Waals surface area contributed by atoms with E-state index < -0.39 is 0 Å². The lowest BCUT2D eigenvalue weighted by Crippen LogP contribution is -3.00. The van der Waals surface area contributed by atoms with Gasteiger partial charge in [-0.25, -0.2) is 0 Å². The number of hydrogen-bond acceptors (Lipinski definition) is 0. The summed E-state index contributed by atoms with van der Waals surface area (Å²) >= 11 is 0. The molecule has 4 aromatic carbocycles. The zero-order valence-corrected chi connectivity index (χ0v) is 15.9. The second-order valence-corrected chi connectivity index (χ2v) is 6.91. The molecule has 0 aliphatic carbocycles. The van der Waals surface area contributed by atoms with Crippen LogP contribution >= 0.6 is 0 Å². The zero-order chi connectivity index (χ0) is 17.2. The van der Waals surface area contributed by atoms with E-state index >= 15 is 0 Å². The van der Waals surface area contributed by atoms with Crippen LogP contribution in [0.25, 0.3) is 21.5 Å². The number of benzene rings is 4. The average Bonchev–Trinajstić information content (AvgIpc) is 2.67. The molecule has 0 fully saturated rings. The van der Waals surface area contributed by atoms with Crippen LogP contribution in [-0.4, -0.2) is 0 Å². The highest BCUT2D eigenvalue weighted by Crippen LogP contribution is 2.25. The molecule has 2 atom stereocenters. The molecular weight excluding hydrogens is 338 g/mol. The monoisotopic (exact) mass is 361 g/mol. The van der Waals surface area contributed by atoms with Crippen LogP contribution in [0.2, 0.25) is 0 Å². The van der Waals surface area contributed by atoms with E-state index in [1.807, 2.05) is 0 Å². The maximum absolute atomic E-state index is 2.48. The van der Waals surface area contributed by atoms with Crippen LogP contribution in [0.1, 0.15) is 37.1 Å². The molecule has 0 spiro atoms. The third-order valence-electron chi connectivity index (χ3n) is 5.21. The molecule has 0 bridgehead atoms. The van der Waals surface area contributed by atoms with E-state index in [9.17, 15) is 0 Å². The Morgan fingerprint density at radius 3 is 1.38 bits per heavy atom. The molecule has 0 saturated heterocycles. The summed E-state index contributed by atoms with van der Waals surface area (Å²) < 4.78 is 0. The van der Waals surface area contributed by atoms with Gasteiger partial charge in [-0.15, -0.1) is 0 Å². The van der Waals surface area contributed by atoms with Crippen LogP contribution < -0.4 is 17.7 Å². The predicted octanol–water partition coefficient (Wildman–Crippen LogP) is 2.38. The smallest absolute Gasteiger partial charge is 0.110 e. The second kappa shape index (κ2) is 7.90. The number of halogens is 1. The molecular formula is C24H24ClN. The van der Waals surface area contributed by atoms with Gasteiger partial charge in [0.15, 0.2) is 0 Å². The maximum Gasteiger partial charge on any atom is 0.110 e. The summed E-state index contributed by atoms with van der Waals surface area (Å²) in [4.78, 5) is 0. The number of nitrogens with two attached hydrogens (primary N) is 1. The maximum atomic E-state index is 2.48. The topological polar surface area (TPSA) is 16.6 Å². The highest BCUT2D eigenvalue weighted by atomic mass is 35.5. The molecule has 0 heterocycles. The van der Waals surface area contributed by atoms with Crippen LogP contribution in [0.4, 0.5) is 0 Å². The molecule has 0 saturated carbocycles. The summed E-state index contributed by atoms with van der Waals surface area (Å²) in [5.41, 5.74) is 2.82. The van der Waals surface area contributed by atoms with Gasteiger partial charge in [-0.1, -0.05) is 84.9 Å². The van der Waals surface area contributed by atoms with Gasteiger partial charge in [0.25, 0.3) is 0 Å². The van der Waals surface area contributed by atoms with Crippen molar-refractivity contribution >= 4 is 21.5 Å². The lowest BCUT2D eigenvalue weighted by molar-refractivity contribution is -0.728. The number of fused-ring (bicyclic) bond motifs is 2. The average molecular weight is 362 g/mol. The minimum atomic E-state index is 0. The minimum absolute atomic E-state index is 0. The first-order valence-electron chi connectivity index (χ1n) is 9.04. The van der Waals surface area contributed by atoms with E-state index in [1.165, 1.54) is 32.7 Å². The van der Waals surface area contributed by atoms with Gasteiger partial charge in [0.05, 0.1) is 0 Å². The van der Waals surface area contributed by atoms with E-state index in [4.69, 9.17) is 0 Å². The third-order valence-corrected chi connectivity index (χ3v) is 5.21. The van der Waals surface area contributed by atoms with Crippen molar-refractivity contribution in [2.75, 3.05) is 0 Å². The molecule has 0 aliphatic heterocycles. The molecule has 0 radical (unpaired) electrons. The Kier molecular flexibility index (Phi) is 5.61. The van der Waals surface area contributed by atoms with Crippen molar-refractivity contribution in [2.45, 2.75) is 25.9 Å². The van der Waals surface area contributed by atoms with Crippen LogP contribution in [0.3, 0.4) is 0 Å². The van der Waals surface area contributed by atoms with Gasteiger partial charge < -0.3 is 17.7 Å². The Morgan fingerprint density at radius 2 is 0.923 bits per heavy atom. The molecule has 2 heteroatoms. The largest absolute Gasteiger partial charge is 1.00 e. The van der Waals surface area contributed by atoms with Gasteiger partial charge in [0, 0.05) is 11.1 Å². The summed E-state index contributed by atoms with van der Waals surface area (Å²) in [7, 11) is 0. The summed E-state index contributed by atoms with van der Waals surface area (Å²) in [6.45, 7) is 4.62. The highest BCUT2D eigenvalue weighted by molar-refractivity contribution is 5.86. The minimum Gasteiger partial charge on any atom is -1.00 e. The van der Waals surface area contributed by atoms with Crippen molar-refractivity contribution in [3.8, 4) is 0 Å². The summed E-state index contributed by atoms with van der Waals surface area (Å²) in [6.07, 6.45) is 0. The molecule has 0 aliphatic rings. The lowest BCUT2D eigenvalue weighted by Gasteiger charge is -2.20. The zero-order valence-electron chi connectivity index (χ0n) is 15.2. The quantitative estimate of drug-likeness (QED) is 0.575. The fourth-order valence-electron chi connectivity index (χ4n) is 3.94. The molecule has 0 aromatic heterocycles. The number of quaternary nitrogens is 1. The molecule has 26 heavy (non-hydrogen) atoms. The van der Waals surface area contributed by atoms with Crippen molar-refractivity contribution in [1.29, 1.82) is 0 Å². The van der Waals surface area contributed by atoms with Gasteiger partial charge in [0.1, 0.15) is 12.1 Å². The van der Waals surface area contributed by atoms with Crippen molar-refractivity contribution in [2.24, 2.45) is 0 Å². The Bertz CT molecular complexity index is 931. The lowest BCUT2D eigenvalue weighted by atomic mass is 9.96. The molecule has 4 rings (SSSR count). The van der Waals surface area contributed by atoms with Crippen molar-refractivity contribution in [3.63, 3.8) is 0 Å². The van der Waals surface area contributed by atoms with Gasteiger partial charge in [-0.2, -0.15) is 0 Å². The van der Waals surface area contributed by atoms with Crippen LogP contribution in [0, 0.1) is 0 Å². The summed E-state index contributed by atoms with van der Waals surface area (Å²) in [5.74, 6) is 0. The molecule has 0 unspecified atom stereocenters. The Hall–Kier alpha value is -2.35. The first-order valence-corrected chi connectivity index (χ1v) is 9.04. The van der Waals surface area contributed by atoms with Crippen LogP contribution in [-0.2, 0) is 0 Å². The van der Waals surface area contributed by atoms with Crippen LogP contribution in [0.15, 0.2) is 84.9 Å². The standard InChI is InChI=1S/C24H23N.ClH/c1-17(21-15-7-11-19-9-3-5-13-23(19)21)25-18(2)22-16-8-12-20-10-4-6-14-24(20)22;/h3-18,25H,1-2H3;1H/t17-,18+;. The van der Waals surface area contributed by atoms with E-state index in [-0.39, 0.29) is 12.4 Å². The van der Waals surface area contributed by atoms with Gasteiger partial charge in [-0.3, -0.25) is 0 Å². The Balaban J connectivity index is 0.00000196.